The maximum Gasteiger partial charge on any atom is 0.326 e. The Labute approximate surface area is 97.0 Å². The first-order valence-corrected chi connectivity index (χ1v) is 4.81. The lowest BCUT2D eigenvalue weighted by molar-refractivity contribution is -0.142. The van der Waals surface area contributed by atoms with Crippen molar-refractivity contribution in [3.63, 3.8) is 0 Å². The van der Waals surface area contributed by atoms with Crippen LogP contribution in [0.1, 0.15) is 19.8 Å². The van der Waals surface area contributed by atoms with E-state index in [-0.39, 0.29) is 19.4 Å². The van der Waals surface area contributed by atoms with E-state index >= 15 is 0 Å². The van der Waals surface area contributed by atoms with Crippen molar-refractivity contribution in [3.05, 3.63) is 0 Å². The van der Waals surface area contributed by atoms with Crippen LogP contribution in [0.15, 0.2) is 0 Å². The average Bonchev–Trinajstić information content (AvgIpc) is 2.20. The molecule has 0 spiro atoms. The predicted molar refractivity (Wildman–Crippen MR) is 55.1 cm³/mol. The molecule has 2 amide bonds. The Morgan fingerprint density at radius 3 is 2.18 bits per heavy atom. The number of carboxylic acid groups (broad SMARTS) is 2. The number of carboxylic acids is 2. The van der Waals surface area contributed by atoms with E-state index in [2.05, 4.69) is 10.6 Å². The first-order valence-electron chi connectivity index (χ1n) is 4.81. The van der Waals surface area contributed by atoms with Gasteiger partial charge >= 0.3 is 11.9 Å². The fourth-order valence-electron chi connectivity index (χ4n) is 0.975. The topological polar surface area (TPSA) is 133 Å². The van der Waals surface area contributed by atoms with Gasteiger partial charge in [0.1, 0.15) is 6.04 Å². The van der Waals surface area contributed by atoms with Gasteiger partial charge in [0.05, 0.1) is 6.54 Å². The molecule has 0 aromatic heterocycles. The summed E-state index contributed by atoms with van der Waals surface area (Å²) in [7, 11) is 0. The van der Waals surface area contributed by atoms with E-state index in [0.29, 0.717) is 0 Å². The van der Waals surface area contributed by atoms with Crippen molar-refractivity contribution in [2.24, 2.45) is 0 Å². The zero-order valence-corrected chi connectivity index (χ0v) is 9.23. The number of nitrogens with one attached hydrogen (secondary N) is 2. The van der Waals surface area contributed by atoms with Crippen LogP contribution in [0.5, 0.6) is 0 Å². The zero-order chi connectivity index (χ0) is 13.4. The predicted octanol–water partition coefficient (Wildman–Crippen LogP) is -1.44. The third-order valence-electron chi connectivity index (χ3n) is 1.78. The van der Waals surface area contributed by atoms with Crippen molar-refractivity contribution in [3.8, 4) is 0 Å². The van der Waals surface area contributed by atoms with Crippen molar-refractivity contribution < 1.29 is 29.4 Å². The highest BCUT2D eigenvalue weighted by atomic mass is 16.4. The molecule has 8 nitrogen and oxygen atoms in total. The van der Waals surface area contributed by atoms with Crippen LogP contribution in [-0.4, -0.2) is 46.6 Å². The van der Waals surface area contributed by atoms with E-state index in [1.807, 2.05) is 0 Å². The Morgan fingerprint density at radius 2 is 1.76 bits per heavy atom. The van der Waals surface area contributed by atoms with Crippen molar-refractivity contribution in [1.29, 1.82) is 0 Å². The van der Waals surface area contributed by atoms with Crippen molar-refractivity contribution >= 4 is 23.8 Å². The first-order chi connectivity index (χ1) is 7.82. The molecule has 4 N–H and O–H groups in total. The van der Waals surface area contributed by atoms with Crippen molar-refractivity contribution in [1.82, 2.24) is 10.6 Å². The van der Waals surface area contributed by atoms with E-state index in [1.54, 1.807) is 0 Å². The highest BCUT2D eigenvalue weighted by molar-refractivity contribution is 5.87. The molecule has 0 bridgehead atoms. The summed E-state index contributed by atoms with van der Waals surface area (Å²) in [6.45, 7) is 0.874. The molecule has 0 aliphatic carbocycles. The molecule has 0 aromatic carbocycles. The molecule has 1 atom stereocenters. The largest absolute Gasteiger partial charge is 0.481 e. The van der Waals surface area contributed by atoms with Gasteiger partial charge in [-0.15, -0.1) is 0 Å². The van der Waals surface area contributed by atoms with Crippen LogP contribution >= 0.6 is 0 Å². The number of hydrogen-bond acceptors (Lipinski definition) is 4. The average molecular weight is 246 g/mol. The van der Waals surface area contributed by atoms with E-state index in [4.69, 9.17) is 10.2 Å². The Bertz CT molecular complexity index is 327. The number of aliphatic carboxylic acids is 2. The van der Waals surface area contributed by atoms with Crippen LogP contribution in [0, 0.1) is 0 Å². The third-order valence-corrected chi connectivity index (χ3v) is 1.78. The summed E-state index contributed by atoms with van der Waals surface area (Å²) >= 11 is 0. The summed E-state index contributed by atoms with van der Waals surface area (Å²) in [6, 6.07) is -1.27. The normalized spacial score (nSPS) is 11.4. The van der Waals surface area contributed by atoms with Crippen LogP contribution in [0.3, 0.4) is 0 Å². The second-order valence-corrected chi connectivity index (χ2v) is 3.30. The molecule has 0 saturated heterocycles. The number of carbonyl (C=O) groups is 4. The number of amides is 2. The summed E-state index contributed by atoms with van der Waals surface area (Å²) in [6.07, 6.45) is -0.576. The van der Waals surface area contributed by atoms with Gasteiger partial charge in [0.15, 0.2) is 0 Å². The second kappa shape index (κ2) is 7.20. The number of hydrogen-bond donors (Lipinski definition) is 4. The lowest BCUT2D eigenvalue weighted by atomic mass is 10.1. The Hall–Kier alpha value is -2.12. The highest BCUT2D eigenvalue weighted by Gasteiger charge is 2.20. The van der Waals surface area contributed by atoms with Crippen molar-refractivity contribution in [2.75, 3.05) is 6.54 Å². The molecule has 0 aliphatic rings. The number of rotatable bonds is 7. The minimum absolute atomic E-state index is 0.212. The van der Waals surface area contributed by atoms with E-state index < -0.39 is 29.8 Å². The van der Waals surface area contributed by atoms with Crippen LogP contribution in [0.25, 0.3) is 0 Å². The zero-order valence-electron chi connectivity index (χ0n) is 9.23. The van der Waals surface area contributed by atoms with Crippen LogP contribution in [-0.2, 0) is 19.2 Å². The van der Waals surface area contributed by atoms with Gasteiger partial charge in [-0.1, -0.05) is 0 Å². The highest BCUT2D eigenvalue weighted by Crippen LogP contribution is 1.97. The molecule has 8 heteroatoms. The molecule has 0 aromatic rings. The molecule has 0 unspecified atom stereocenters. The molecule has 0 fully saturated rings. The first kappa shape index (κ1) is 14.9. The van der Waals surface area contributed by atoms with Gasteiger partial charge in [-0.2, -0.15) is 0 Å². The summed E-state index contributed by atoms with van der Waals surface area (Å²) in [4.78, 5) is 42.6. The van der Waals surface area contributed by atoms with E-state index in [9.17, 15) is 19.2 Å². The summed E-state index contributed by atoms with van der Waals surface area (Å²) in [5.74, 6) is -3.56. The maximum atomic E-state index is 11.2. The molecular weight excluding hydrogens is 232 g/mol. The van der Waals surface area contributed by atoms with Gasteiger partial charge in [0, 0.05) is 13.3 Å². The smallest absolute Gasteiger partial charge is 0.326 e. The lowest BCUT2D eigenvalue weighted by Crippen LogP contribution is -2.45. The van der Waals surface area contributed by atoms with Crippen LogP contribution in [0.4, 0.5) is 0 Å². The summed E-state index contributed by atoms with van der Waals surface area (Å²) in [5.41, 5.74) is 0. The van der Waals surface area contributed by atoms with Gasteiger partial charge in [-0.3, -0.25) is 14.4 Å². The Morgan fingerprint density at radius 1 is 1.18 bits per heavy atom. The monoisotopic (exact) mass is 246 g/mol. The fraction of sp³-hybridized carbons (Fsp3) is 0.556. The number of carbonyl (C=O) groups excluding carboxylic acids is 2. The summed E-state index contributed by atoms with van der Waals surface area (Å²) < 4.78 is 0. The van der Waals surface area contributed by atoms with Crippen LogP contribution in [0.2, 0.25) is 0 Å². The Kier molecular flexibility index (Phi) is 6.30. The minimum atomic E-state index is -1.32. The van der Waals surface area contributed by atoms with Crippen LogP contribution < -0.4 is 10.6 Å². The van der Waals surface area contributed by atoms with Gasteiger partial charge in [-0.05, 0) is 6.42 Å². The van der Waals surface area contributed by atoms with E-state index in [1.165, 1.54) is 6.92 Å². The molecule has 17 heavy (non-hydrogen) atoms. The third kappa shape index (κ3) is 7.77. The Balaban J connectivity index is 4.15. The van der Waals surface area contributed by atoms with E-state index in [0.717, 1.165) is 0 Å². The summed E-state index contributed by atoms with van der Waals surface area (Å²) in [5, 5.41) is 21.4. The molecule has 0 rings (SSSR count). The molecule has 0 aliphatic heterocycles. The minimum Gasteiger partial charge on any atom is -0.481 e. The maximum absolute atomic E-state index is 11.2. The standard InChI is InChI=1S/C9H14N2O6/c1-5(12)10-4-7(13)11-6(9(16)17)2-3-8(14)15/h6H,2-4H2,1H3,(H,10,12)(H,11,13)(H,14,15)(H,16,17)/t6-/m0/s1. The van der Waals surface area contributed by atoms with Gasteiger partial charge in [-0.25, -0.2) is 4.79 Å². The van der Waals surface area contributed by atoms with Gasteiger partial charge < -0.3 is 20.8 Å². The van der Waals surface area contributed by atoms with Gasteiger partial charge in [0.25, 0.3) is 0 Å². The van der Waals surface area contributed by atoms with Crippen molar-refractivity contribution in [2.45, 2.75) is 25.8 Å². The SMILES string of the molecule is CC(=O)NCC(=O)N[C@@H](CCC(=O)O)C(=O)O. The fourth-order valence-corrected chi connectivity index (χ4v) is 0.975. The lowest BCUT2D eigenvalue weighted by Gasteiger charge is -2.13. The molecule has 0 saturated carbocycles. The molecular formula is C9H14N2O6. The molecule has 96 valence electrons. The quantitative estimate of drug-likeness (QED) is 0.434. The molecule has 0 heterocycles. The van der Waals surface area contributed by atoms with Gasteiger partial charge in [0.2, 0.25) is 11.8 Å². The molecule has 0 radical (unpaired) electrons. The second-order valence-electron chi connectivity index (χ2n) is 3.30.